The minimum absolute atomic E-state index is 0.201. The van der Waals surface area contributed by atoms with E-state index in [-0.39, 0.29) is 11.9 Å². The van der Waals surface area contributed by atoms with Crippen LogP contribution < -0.4 is 5.73 Å². The van der Waals surface area contributed by atoms with Gasteiger partial charge in [-0.05, 0) is 40.0 Å². The van der Waals surface area contributed by atoms with Crippen LogP contribution in [0.1, 0.15) is 24.9 Å². The van der Waals surface area contributed by atoms with Crippen molar-refractivity contribution in [1.82, 2.24) is 0 Å². The zero-order chi connectivity index (χ0) is 11.3. The van der Waals surface area contributed by atoms with Crippen LogP contribution in [0.4, 0.5) is 4.39 Å². The predicted octanol–water partition coefficient (Wildman–Crippen LogP) is 3.01. The lowest BCUT2D eigenvalue weighted by atomic mass is 10.1. The van der Waals surface area contributed by atoms with Crippen LogP contribution >= 0.6 is 15.9 Å². The minimum Gasteiger partial charge on any atom is -0.379 e. The SMILES string of the molecule is CCCOCC(N)c1ccc(F)c(Br)c1. The first-order valence-electron chi connectivity index (χ1n) is 4.93. The quantitative estimate of drug-likeness (QED) is 0.839. The van der Waals surface area contributed by atoms with Gasteiger partial charge in [0.05, 0.1) is 17.1 Å². The second kappa shape index (κ2) is 6.20. The summed E-state index contributed by atoms with van der Waals surface area (Å²) in [7, 11) is 0. The highest BCUT2D eigenvalue weighted by Crippen LogP contribution is 2.20. The highest BCUT2D eigenvalue weighted by atomic mass is 79.9. The first-order valence-corrected chi connectivity index (χ1v) is 5.72. The smallest absolute Gasteiger partial charge is 0.137 e. The molecule has 0 radical (unpaired) electrons. The van der Waals surface area contributed by atoms with Gasteiger partial charge in [0.15, 0.2) is 0 Å². The van der Waals surface area contributed by atoms with Crippen molar-refractivity contribution in [2.24, 2.45) is 5.73 Å². The van der Waals surface area contributed by atoms with Crippen LogP contribution in [0.2, 0.25) is 0 Å². The van der Waals surface area contributed by atoms with Crippen molar-refractivity contribution >= 4 is 15.9 Å². The van der Waals surface area contributed by atoms with Gasteiger partial charge in [0.2, 0.25) is 0 Å². The highest BCUT2D eigenvalue weighted by molar-refractivity contribution is 9.10. The zero-order valence-electron chi connectivity index (χ0n) is 8.67. The summed E-state index contributed by atoms with van der Waals surface area (Å²) in [6.45, 7) is 3.21. The standard InChI is InChI=1S/C11H15BrFNO/c1-2-5-15-7-11(14)8-3-4-10(13)9(12)6-8/h3-4,6,11H,2,5,7,14H2,1H3. The Kier molecular flexibility index (Phi) is 5.22. The summed E-state index contributed by atoms with van der Waals surface area (Å²) < 4.78 is 18.7. The van der Waals surface area contributed by atoms with Gasteiger partial charge in [-0.3, -0.25) is 0 Å². The van der Waals surface area contributed by atoms with E-state index in [1.165, 1.54) is 6.07 Å². The summed E-state index contributed by atoms with van der Waals surface area (Å²) in [5.74, 6) is -0.277. The van der Waals surface area contributed by atoms with Gasteiger partial charge in [-0.1, -0.05) is 13.0 Å². The molecule has 0 aliphatic heterocycles. The van der Waals surface area contributed by atoms with Crippen molar-refractivity contribution < 1.29 is 9.13 Å². The largest absolute Gasteiger partial charge is 0.379 e. The molecule has 2 nitrogen and oxygen atoms in total. The van der Waals surface area contributed by atoms with Gasteiger partial charge >= 0.3 is 0 Å². The number of ether oxygens (including phenoxy) is 1. The molecule has 0 fully saturated rings. The van der Waals surface area contributed by atoms with Gasteiger partial charge in [0.25, 0.3) is 0 Å². The van der Waals surface area contributed by atoms with Crippen LogP contribution in [0.15, 0.2) is 22.7 Å². The molecule has 0 aliphatic rings. The molecule has 2 N–H and O–H groups in total. The van der Waals surface area contributed by atoms with E-state index in [0.717, 1.165) is 12.0 Å². The number of nitrogens with two attached hydrogens (primary N) is 1. The monoisotopic (exact) mass is 275 g/mol. The topological polar surface area (TPSA) is 35.2 Å². The Hall–Kier alpha value is -0.450. The summed E-state index contributed by atoms with van der Waals surface area (Å²) >= 11 is 3.12. The average Bonchev–Trinajstić information content (AvgIpc) is 2.22. The van der Waals surface area contributed by atoms with E-state index in [1.807, 2.05) is 6.92 Å². The fraction of sp³-hybridized carbons (Fsp3) is 0.455. The molecule has 0 aliphatic carbocycles. The van der Waals surface area contributed by atoms with Gasteiger partial charge in [-0.15, -0.1) is 0 Å². The Morgan fingerprint density at radius 2 is 2.27 bits per heavy atom. The molecule has 1 aromatic carbocycles. The van der Waals surface area contributed by atoms with E-state index in [0.29, 0.717) is 17.7 Å². The third-order valence-electron chi connectivity index (χ3n) is 2.02. The second-order valence-corrected chi connectivity index (χ2v) is 4.21. The molecule has 0 aromatic heterocycles. The maximum atomic E-state index is 12.9. The molecule has 1 atom stereocenters. The van der Waals surface area contributed by atoms with Crippen LogP contribution in [0, 0.1) is 5.82 Å². The predicted molar refractivity (Wildman–Crippen MR) is 62.1 cm³/mol. The summed E-state index contributed by atoms with van der Waals surface area (Å²) in [6, 6.07) is 4.57. The number of hydrogen-bond donors (Lipinski definition) is 1. The lowest BCUT2D eigenvalue weighted by molar-refractivity contribution is 0.121. The van der Waals surface area contributed by atoms with Gasteiger partial charge in [-0.25, -0.2) is 4.39 Å². The molecule has 1 aromatic rings. The van der Waals surface area contributed by atoms with E-state index in [2.05, 4.69) is 15.9 Å². The zero-order valence-corrected chi connectivity index (χ0v) is 10.3. The van der Waals surface area contributed by atoms with Gasteiger partial charge in [-0.2, -0.15) is 0 Å². The van der Waals surface area contributed by atoms with Crippen LogP contribution in [-0.2, 0) is 4.74 Å². The molecule has 0 saturated heterocycles. The number of halogens is 2. The molecular formula is C11H15BrFNO. The van der Waals surface area contributed by atoms with Crippen LogP contribution in [0.3, 0.4) is 0 Å². The molecular weight excluding hydrogens is 261 g/mol. The first-order chi connectivity index (χ1) is 7.15. The van der Waals surface area contributed by atoms with Crippen molar-refractivity contribution in [3.05, 3.63) is 34.1 Å². The van der Waals surface area contributed by atoms with E-state index in [9.17, 15) is 4.39 Å². The Balaban J connectivity index is 2.57. The molecule has 1 rings (SSSR count). The molecule has 0 heterocycles. The van der Waals surface area contributed by atoms with Crippen molar-refractivity contribution in [3.63, 3.8) is 0 Å². The van der Waals surface area contributed by atoms with Gasteiger partial charge in [0.1, 0.15) is 5.82 Å². The molecule has 84 valence electrons. The number of benzene rings is 1. The summed E-state index contributed by atoms with van der Waals surface area (Å²) in [5, 5.41) is 0. The Bertz CT molecular complexity index is 319. The van der Waals surface area contributed by atoms with Crippen LogP contribution in [0.5, 0.6) is 0 Å². The molecule has 4 heteroatoms. The van der Waals surface area contributed by atoms with Crippen LogP contribution in [-0.4, -0.2) is 13.2 Å². The fourth-order valence-corrected chi connectivity index (χ4v) is 1.59. The van der Waals surface area contributed by atoms with Crippen LogP contribution in [0.25, 0.3) is 0 Å². The fourth-order valence-electron chi connectivity index (χ4n) is 1.19. The second-order valence-electron chi connectivity index (χ2n) is 3.35. The Morgan fingerprint density at radius 1 is 1.53 bits per heavy atom. The third-order valence-corrected chi connectivity index (χ3v) is 2.63. The molecule has 0 bridgehead atoms. The van der Waals surface area contributed by atoms with Crippen molar-refractivity contribution in [2.45, 2.75) is 19.4 Å². The van der Waals surface area contributed by atoms with E-state index in [1.54, 1.807) is 12.1 Å². The lowest BCUT2D eigenvalue weighted by Gasteiger charge is -2.12. The summed E-state index contributed by atoms with van der Waals surface area (Å²) in [4.78, 5) is 0. The van der Waals surface area contributed by atoms with E-state index in [4.69, 9.17) is 10.5 Å². The van der Waals surface area contributed by atoms with Gasteiger partial charge in [0, 0.05) is 6.61 Å². The normalized spacial score (nSPS) is 12.8. The summed E-state index contributed by atoms with van der Waals surface area (Å²) in [5.41, 5.74) is 6.76. The summed E-state index contributed by atoms with van der Waals surface area (Å²) in [6.07, 6.45) is 0.972. The molecule has 0 saturated carbocycles. The number of rotatable bonds is 5. The van der Waals surface area contributed by atoms with E-state index >= 15 is 0 Å². The van der Waals surface area contributed by atoms with E-state index < -0.39 is 0 Å². The molecule has 0 amide bonds. The maximum Gasteiger partial charge on any atom is 0.137 e. The number of hydrogen-bond acceptors (Lipinski definition) is 2. The minimum atomic E-state index is -0.277. The van der Waals surface area contributed by atoms with Gasteiger partial charge < -0.3 is 10.5 Å². The molecule has 0 spiro atoms. The molecule has 15 heavy (non-hydrogen) atoms. The van der Waals surface area contributed by atoms with Crippen molar-refractivity contribution in [3.8, 4) is 0 Å². The average molecular weight is 276 g/mol. The first kappa shape index (κ1) is 12.6. The maximum absolute atomic E-state index is 12.9. The molecule has 1 unspecified atom stereocenters. The highest BCUT2D eigenvalue weighted by Gasteiger charge is 2.08. The Morgan fingerprint density at radius 3 is 2.87 bits per heavy atom. The van der Waals surface area contributed by atoms with Crippen molar-refractivity contribution in [2.75, 3.05) is 13.2 Å². The third kappa shape index (κ3) is 3.89. The Labute approximate surface area is 97.7 Å². The lowest BCUT2D eigenvalue weighted by Crippen LogP contribution is -2.17. The van der Waals surface area contributed by atoms with Crippen molar-refractivity contribution in [1.29, 1.82) is 0 Å².